The Morgan fingerprint density at radius 3 is 2.29 bits per heavy atom. The highest BCUT2D eigenvalue weighted by atomic mass is 32.2. The molecule has 0 aromatic heterocycles. The van der Waals surface area contributed by atoms with Crippen molar-refractivity contribution in [3.63, 3.8) is 0 Å². The van der Waals surface area contributed by atoms with E-state index >= 15 is 0 Å². The van der Waals surface area contributed by atoms with Gasteiger partial charge in [-0.05, 0) is 56.6 Å². The Hall–Kier alpha value is -2.18. The molecule has 1 atom stereocenters. The molecule has 0 aliphatic rings. The van der Waals surface area contributed by atoms with Crippen LogP contribution in [0.5, 0.6) is 0 Å². The van der Waals surface area contributed by atoms with Crippen molar-refractivity contribution in [3.8, 4) is 0 Å². The van der Waals surface area contributed by atoms with Crippen LogP contribution in [0.2, 0.25) is 0 Å². The van der Waals surface area contributed by atoms with Gasteiger partial charge in [0.2, 0.25) is 10.0 Å². The Bertz CT molecular complexity index is 846. The molecule has 0 saturated heterocycles. The lowest BCUT2D eigenvalue weighted by molar-refractivity contribution is 0.0939. The lowest BCUT2D eigenvalue weighted by Gasteiger charge is -2.16. The fourth-order valence-electron chi connectivity index (χ4n) is 2.45. The topological polar surface area (TPSA) is 75.3 Å². The molecule has 2 aromatic rings. The number of hydrogen-bond acceptors (Lipinski definition) is 3. The molecule has 2 rings (SSSR count). The van der Waals surface area contributed by atoms with Gasteiger partial charge >= 0.3 is 0 Å². The van der Waals surface area contributed by atoms with E-state index in [-0.39, 0.29) is 16.8 Å². The minimum Gasteiger partial charge on any atom is -0.346 e. The Kier molecular flexibility index (Phi) is 5.41. The Morgan fingerprint density at radius 1 is 1.08 bits per heavy atom. The monoisotopic (exact) mass is 346 g/mol. The predicted molar refractivity (Wildman–Crippen MR) is 94.5 cm³/mol. The minimum absolute atomic E-state index is 0.127. The summed E-state index contributed by atoms with van der Waals surface area (Å²) in [4.78, 5) is 12.7. The highest BCUT2D eigenvalue weighted by Crippen LogP contribution is 2.21. The Balaban J connectivity index is 2.34. The van der Waals surface area contributed by atoms with Crippen LogP contribution in [0.3, 0.4) is 0 Å². The van der Waals surface area contributed by atoms with Crippen LogP contribution in [0.25, 0.3) is 0 Å². The van der Waals surface area contributed by atoms with Crippen molar-refractivity contribution in [2.45, 2.75) is 31.7 Å². The maximum atomic E-state index is 12.5. The standard InChI is InChI=1S/C18H22N2O3S/c1-12-10-16(11-17(13(12)2)24(22,23)19-4)18(21)20-14(3)15-8-6-5-7-9-15/h5-11,14,19H,1-4H3,(H,20,21). The third kappa shape index (κ3) is 3.83. The average molecular weight is 346 g/mol. The van der Waals surface area contributed by atoms with Crippen LogP contribution in [0.1, 0.15) is 40.0 Å². The highest BCUT2D eigenvalue weighted by Gasteiger charge is 2.20. The molecule has 0 aliphatic heterocycles. The molecule has 6 heteroatoms. The van der Waals surface area contributed by atoms with Gasteiger partial charge in [-0.1, -0.05) is 30.3 Å². The third-order valence-electron chi connectivity index (χ3n) is 4.09. The summed E-state index contributed by atoms with van der Waals surface area (Å²) in [5.41, 5.74) is 2.70. The van der Waals surface area contributed by atoms with Gasteiger partial charge in [-0.25, -0.2) is 13.1 Å². The van der Waals surface area contributed by atoms with Crippen LogP contribution in [0, 0.1) is 13.8 Å². The zero-order valence-corrected chi connectivity index (χ0v) is 15.1. The maximum Gasteiger partial charge on any atom is 0.251 e. The lowest BCUT2D eigenvalue weighted by Crippen LogP contribution is -2.27. The van der Waals surface area contributed by atoms with Crippen molar-refractivity contribution >= 4 is 15.9 Å². The molecule has 2 N–H and O–H groups in total. The van der Waals surface area contributed by atoms with Crippen LogP contribution >= 0.6 is 0 Å². The van der Waals surface area contributed by atoms with Crippen LogP contribution < -0.4 is 10.0 Å². The van der Waals surface area contributed by atoms with E-state index in [0.29, 0.717) is 11.1 Å². The van der Waals surface area contributed by atoms with Gasteiger partial charge in [-0.3, -0.25) is 4.79 Å². The number of benzene rings is 2. The molecule has 0 spiro atoms. The first-order valence-corrected chi connectivity index (χ1v) is 9.15. The van der Waals surface area contributed by atoms with E-state index in [4.69, 9.17) is 0 Å². The summed E-state index contributed by atoms with van der Waals surface area (Å²) in [5.74, 6) is -0.304. The molecule has 1 unspecified atom stereocenters. The van der Waals surface area contributed by atoms with Crippen molar-refractivity contribution in [2.75, 3.05) is 7.05 Å². The van der Waals surface area contributed by atoms with Crippen molar-refractivity contribution in [3.05, 3.63) is 64.7 Å². The van der Waals surface area contributed by atoms with Gasteiger partial charge in [-0.15, -0.1) is 0 Å². The number of aryl methyl sites for hydroxylation is 1. The Morgan fingerprint density at radius 2 is 1.71 bits per heavy atom. The van der Waals surface area contributed by atoms with E-state index in [2.05, 4.69) is 10.0 Å². The number of amides is 1. The van der Waals surface area contributed by atoms with E-state index < -0.39 is 10.0 Å². The summed E-state index contributed by atoms with van der Waals surface area (Å²) in [7, 11) is -2.26. The number of rotatable bonds is 5. The summed E-state index contributed by atoms with van der Waals surface area (Å²) >= 11 is 0. The summed E-state index contributed by atoms with van der Waals surface area (Å²) in [6, 6.07) is 12.5. The zero-order valence-electron chi connectivity index (χ0n) is 14.3. The molecular formula is C18H22N2O3S. The number of carbonyl (C=O) groups excluding carboxylic acids is 1. The predicted octanol–water partition coefficient (Wildman–Crippen LogP) is 2.70. The zero-order chi connectivity index (χ0) is 17.9. The summed E-state index contributed by atoms with van der Waals surface area (Å²) in [6.45, 7) is 5.41. The van der Waals surface area contributed by atoms with Gasteiger partial charge < -0.3 is 5.32 Å². The van der Waals surface area contributed by atoms with E-state index in [1.54, 1.807) is 19.9 Å². The second-order valence-electron chi connectivity index (χ2n) is 5.73. The second kappa shape index (κ2) is 7.15. The molecule has 0 heterocycles. The fourth-order valence-corrected chi connectivity index (χ4v) is 3.52. The number of carbonyl (C=O) groups is 1. The molecule has 1 amide bonds. The van der Waals surface area contributed by atoms with Crippen LogP contribution in [0.4, 0.5) is 0 Å². The first kappa shape index (κ1) is 18.2. The number of hydrogen-bond donors (Lipinski definition) is 2. The van der Waals surface area contributed by atoms with Gasteiger partial charge in [0, 0.05) is 5.56 Å². The van der Waals surface area contributed by atoms with Crippen molar-refractivity contribution < 1.29 is 13.2 Å². The minimum atomic E-state index is -3.62. The van der Waals surface area contributed by atoms with E-state index in [9.17, 15) is 13.2 Å². The fraction of sp³-hybridized carbons (Fsp3) is 0.278. The summed E-state index contributed by atoms with van der Waals surface area (Å²) in [6.07, 6.45) is 0. The van der Waals surface area contributed by atoms with E-state index in [0.717, 1.165) is 11.1 Å². The molecule has 0 saturated carbocycles. The van der Waals surface area contributed by atoms with Crippen LogP contribution in [-0.2, 0) is 10.0 Å². The Labute approximate surface area is 143 Å². The molecule has 0 fully saturated rings. The quantitative estimate of drug-likeness (QED) is 0.874. The van der Waals surface area contributed by atoms with Crippen LogP contribution in [0.15, 0.2) is 47.4 Å². The smallest absolute Gasteiger partial charge is 0.251 e. The largest absolute Gasteiger partial charge is 0.346 e. The van der Waals surface area contributed by atoms with Crippen molar-refractivity contribution in [1.29, 1.82) is 0 Å². The first-order chi connectivity index (χ1) is 11.3. The van der Waals surface area contributed by atoms with Crippen molar-refractivity contribution in [2.24, 2.45) is 0 Å². The number of nitrogens with one attached hydrogen (secondary N) is 2. The molecule has 0 aliphatic carbocycles. The molecular weight excluding hydrogens is 324 g/mol. The van der Waals surface area contributed by atoms with Gasteiger partial charge in [0.1, 0.15) is 0 Å². The molecule has 0 radical (unpaired) electrons. The second-order valence-corrected chi connectivity index (χ2v) is 7.58. The normalized spacial score (nSPS) is 12.7. The summed E-state index contributed by atoms with van der Waals surface area (Å²) < 4.78 is 26.6. The van der Waals surface area contributed by atoms with Gasteiger partial charge in [0.25, 0.3) is 5.91 Å². The van der Waals surface area contributed by atoms with Gasteiger partial charge in [-0.2, -0.15) is 0 Å². The molecule has 24 heavy (non-hydrogen) atoms. The van der Waals surface area contributed by atoms with E-state index in [1.165, 1.54) is 13.1 Å². The molecule has 5 nitrogen and oxygen atoms in total. The first-order valence-electron chi connectivity index (χ1n) is 7.67. The summed E-state index contributed by atoms with van der Waals surface area (Å²) in [5, 5.41) is 2.90. The van der Waals surface area contributed by atoms with E-state index in [1.807, 2.05) is 37.3 Å². The van der Waals surface area contributed by atoms with Crippen molar-refractivity contribution in [1.82, 2.24) is 10.0 Å². The molecule has 128 valence electrons. The lowest BCUT2D eigenvalue weighted by atomic mass is 10.0. The van der Waals surface area contributed by atoms with Gasteiger partial charge in [0.05, 0.1) is 10.9 Å². The SMILES string of the molecule is CNS(=O)(=O)c1cc(C(=O)NC(C)c2ccccc2)cc(C)c1C. The van der Waals surface area contributed by atoms with Gasteiger partial charge in [0.15, 0.2) is 0 Å². The number of sulfonamides is 1. The molecule has 2 aromatic carbocycles. The highest BCUT2D eigenvalue weighted by molar-refractivity contribution is 7.89. The third-order valence-corrected chi connectivity index (χ3v) is 5.63. The van der Waals surface area contributed by atoms with Crippen LogP contribution in [-0.4, -0.2) is 21.4 Å². The maximum absolute atomic E-state index is 12.5. The molecule has 0 bridgehead atoms. The average Bonchev–Trinajstić information content (AvgIpc) is 2.57.